The maximum Gasteiger partial charge on any atom is 0.351 e. The first-order chi connectivity index (χ1) is 4.26. The summed E-state index contributed by atoms with van der Waals surface area (Å²) in [6.07, 6.45) is 2.41. The fourth-order valence-electron chi connectivity index (χ4n) is 0.163. The summed E-state index contributed by atoms with van der Waals surface area (Å²) in [5.41, 5.74) is 0. The van der Waals surface area contributed by atoms with Gasteiger partial charge in [0, 0.05) is 0 Å². The Labute approximate surface area is 50.9 Å². The van der Waals surface area contributed by atoms with Gasteiger partial charge in [-0.1, -0.05) is 0 Å². The predicted octanol–water partition coefficient (Wildman–Crippen LogP) is -0.699. The molecule has 0 fully saturated rings. The summed E-state index contributed by atoms with van der Waals surface area (Å²) in [5, 5.41) is 23.6. The number of carbonyl (C=O) groups excluding carboxylic acids is 1. The van der Waals surface area contributed by atoms with Gasteiger partial charge in [0.2, 0.25) is 12.4 Å². The van der Waals surface area contributed by atoms with Gasteiger partial charge in [0.1, 0.15) is 0 Å². The molecule has 0 aromatic rings. The van der Waals surface area contributed by atoms with E-state index in [0.29, 0.717) is 0 Å². The van der Waals surface area contributed by atoms with E-state index in [9.17, 15) is 4.79 Å². The number of hydrogen-bond donors (Lipinski definition) is 0. The highest BCUT2D eigenvalue weighted by molar-refractivity contribution is 5.93. The van der Waals surface area contributed by atoms with Crippen LogP contribution in [0.3, 0.4) is 0 Å². The molecule has 0 N–H and O–H groups in total. The molecule has 0 aromatic carbocycles. The Kier molecular flexibility index (Phi) is 2.32. The van der Waals surface area contributed by atoms with Gasteiger partial charge in [0.15, 0.2) is 6.07 Å². The monoisotopic (exact) mass is 120 g/mol. The van der Waals surface area contributed by atoms with Crippen LogP contribution in [0, 0.1) is 34.2 Å². The van der Waals surface area contributed by atoms with Crippen molar-refractivity contribution in [3.05, 3.63) is 0 Å². The Hall–Kier alpha value is -2.06. The Morgan fingerprint density at radius 1 is 1.22 bits per heavy atom. The molecule has 42 valence electrons. The van der Waals surface area contributed by atoms with E-state index in [1.165, 1.54) is 12.4 Å². The molecule has 0 spiro atoms. The van der Waals surface area contributed by atoms with Gasteiger partial charge in [0.25, 0.3) is 0 Å². The minimum atomic E-state index is -1.17. The molecule has 0 unspecified atom stereocenters. The number of carbonyl (C=O) groups is 1. The molecule has 5 nitrogen and oxygen atoms in total. The zero-order chi connectivity index (χ0) is 7.28. The maximum absolute atomic E-state index is 10.1. The summed E-state index contributed by atoms with van der Waals surface area (Å²) >= 11 is 0. The van der Waals surface area contributed by atoms with Crippen molar-refractivity contribution in [2.45, 2.75) is 0 Å². The van der Waals surface area contributed by atoms with Crippen LogP contribution in [-0.2, 0) is 4.79 Å². The van der Waals surface area contributed by atoms with E-state index in [2.05, 4.69) is 0 Å². The van der Waals surface area contributed by atoms with E-state index < -0.39 is 5.91 Å². The molecule has 0 radical (unpaired) electrons. The van der Waals surface area contributed by atoms with Crippen LogP contribution in [0.1, 0.15) is 0 Å². The second-order valence-electron chi connectivity index (χ2n) is 0.952. The van der Waals surface area contributed by atoms with Crippen LogP contribution in [0.4, 0.5) is 0 Å². The first-order valence-corrected chi connectivity index (χ1v) is 1.80. The van der Waals surface area contributed by atoms with Crippen molar-refractivity contribution in [3.8, 4) is 18.5 Å². The highest BCUT2D eigenvalue weighted by atomic mass is 16.2. The minimum absolute atomic E-state index is 0.0833. The number of amides is 1. The SMILES string of the molecule is N#CC(=O)N(C#N)C#N. The fraction of sp³-hybridized carbons (Fsp3) is 0. The molecule has 0 atom stereocenters. The van der Waals surface area contributed by atoms with Crippen LogP contribution in [0.2, 0.25) is 0 Å². The summed E-state index contributed by atoms with van der Waals surface area (Å²) in [5.74, 6) is -1.17. The molecule has 0 aromatic heterocycles. The lowest BCUT2D eigenvalue weighted by Gasteiger charge is -1.90. The molecule has 9 heavy (non-hydrogen) atoms. The second-order valence-corrected chi connectivity index (χ2v) is 0.952. The van der Waals surface area contributed by atoms with Gasteiger partial charge >= 0.3 is 5.91 Å². The number of nitriles is 3. The Balaban J connectivity index is 4.27. The molecular weight excluding hydrogens is 120 g/mol. The van der Waals surface area contributed by atoms with Crippen LogP contribution < -0.4 is 0 Å². The highest BCUT2D eigenvalue weighted by Gasteiger charge is 2.08. The molecule has 0 heterocycles. The molecule has 0 saturated heterocycles. The molecule has 0 aliphatic rings. The Morgan fingerprint density at radius 2 is 1.67 bits per heavy atom. The van der Waals surface area contributed by atoms with Crippen LogP contribution in [-0.4, -0.2) is 10.8 Å². The van der Waals surface area contributed by atoms with Gasteiger partial charge in [-0.05, 0) is 0 Å². The van der Waals surface area contributed by atoms with Crippen molar-refractivity contribution in [1.82, 2.24) is 4.90 Å². The molecule has 0 saturated carbocycles. The van der Waals surface area contributed by atoms with Crippen LogP contribution in [0.15, 0.2) is 0 Å². The smallest absolute Gasteiger partial charge is 0.255 e. The summed E-state index contributed by atoms with van der Waals surface area (Å²) in [6.45, 7) is 0. The first-order valence-electron chi connectivity index (χ1n) is 1.80. The standard InChI is InChI=1S/C4N4O/c5-1-4(9)8(2-6)3-7. The third kappa shape index (κ3) is 1.46. The maximum atomic E-state index is 10.1. The lowest BCUT2D eigenvalue weighted by Crippen LogP contribution is -2.17. The normalized spacial score (nSPS) is 5.89. The van der Waals surface area contributed by atoms with Gasteiger partial charge in [0.05, 0.1) is 0 Å². The van der Waals surface area contributed by atoms with Gasteiger partial charge in [-0.2, -0.15) is 15.8 Å². The average Bonchev–Trinajstić information content (AvgIpc) is 1.90. The molecular formula is C4N4O. The summed E-state index contributed by atoms with van der Waals surface area (Å²) in [4.78, 5) is 10.2. The van der Waals surface area contributed by atoms with Crippen molar-refractivity contribution >= 4 is 5.91 Å². The fourth-order valence-corrected chi connectivity index (χ4v) is 0.163. The molecule has 5 heteroatoms. The number of hydrogen-bond acceptors (Lipinski definition) is 4. The number of nitrogens with zero attached hydrogens (tertiary/aromatic N) is 4. The van der Waals surface area contributed by atoms with E-state index in [-0.39, 0.29) is 4.90 Å². The molecule has 1 amide bonds. The Bertz CT molecular complexity index is 223. The minimum Gasteiger partial charge on any atom is -0.255 e. The zero-order valence-corrected chi connectivity index (χ0v) is 4.20. The summed E-state index contributed by atoms with van der Waals surface area (Å²) in [6, 6.07) is 1.11. The van der Waals surface area contributed by atoms with E-state index >= 15 is 0 Å². The van der Waals surface area contributed by atoms with E-state index in [4.69, 9.17) is 15.8 Å². The van der Waals surface area contributed by atoms with Gasteiger partial charge in [-0.3, -0.25) is 4.79 Å². The summed E-state index contributed by atoms with van der Waals surface area (Å²) < 4.78 is 0. The van der Waals surface area contributed by atoms with Gasteiger partial charge in [-0.25, -0.2) is 0 Å². The lowest BCUT2D eigenvalue weighted by molar-refractivity contribution is -0.120. The second kappa shape index (κ2) is 3.01. The third-order valence-electron chi connectivity index (χ3n) is 0.499. The lowest BCUT2D eigenvalue weighted by atomic mass is 10.6. The van der Waals surface area contributed by atoms with Gasteiger partial charge < -0.3 is 0 Å². The van der Waals surface area contributed by atoms with Crippen molar-refractivity contribution < 1.29 is 4.79 Å². The molecule has 0 aliphatic heterocycles. The van der Waals surface area contributed by atoms with Crippen molar-refractivity contribution in [1.29, 1.82) is 15.8 Å². The first kappa shape index (κ1) is 6.94. The highest BCUT2D eigenvalue weighted by Crippen LogP contribution is 1.79. The third-order valence-corrected chi connectivity index (χ3v) is 0.499. The van der Waals surface area contributed by atoms with Crippen LogP contribution in [0.5, 0.6) is 0 Å². The van der Waals surface area contributed by atoms with Crippen molar-refractivity contribution in [3.63, 3.8) is 0 Å². The average molecular weight is 120 g/mol. The quantitative estimate of drug-likeness (QED) is 0.240. The van der Waals surface area contributed by atoms with E-state index in [0.717, 1.165) is 6.07 Å². The Morgan fingerprint density at radius 3 is 1.78 bits per heavy atom. The van der Waals surface area contributed by atoms with Crippen LogP contribution >= 0.6 is 0 Å². The molecule has 0 bridgehead atoms. The van der Waals surface area contributed by atoms with Gasteiger partial charge in [-0.15, -0.1) is 4.90 Å². The zero-order valence-electron chi connectivity index (χ0n) is 4.20. The molecule has 0 aliphatic carbocycles. The van der Waals surface area contributed by atoms with E-state index in [1.54, 1.807) is 0 Å². The van der Waals surface area contributed by atoms with Crippen molar-refractivity contribution in [2.24, 2.45) is 0 Å². The number of rotatable bonds is 0. The van der Waals surface area contributed by atoms with Crippen LogP contribution in [0.25, 0.3) is 0 Å². The predicted molar refractivity (Wildman–Crippen MR) is 23.7 cm³/mol. The van der Waals surface area contributed by atoms with E-state index in [1.807, 2.05) is 0 Å². The summed E-state index contributed by atoms with van der Waals surface area (Å²) in [7, 11) is 0. The molecule has 0 rings (SSSR count). The topological polar surface area (TPSA) is 91.7 Å². The largest absolute Gasteiger partial charge is 0.351 e. The van der Waals surface area contributed by atoms with Crippen molar-refractivity contribution in [2.75, 3.05) is 0 Å².